The molecule has 1 aromatic carbocycles. The molecule has 1 aliphatic carbocycles. The summed E-state index contributed by atoms with van der Waals surface area (Å²) >= 11 is 3.57. The average molecular weight is 350 g/mol. The first-order chi connectivity index (χ1) is 10.0. The van der Waals surface area contributed by atoms with Gasteiger partial charge in [0.05, 0.1) is 16.7 Å². The summed E-state index contributed by atoms with van der Waals surface area (Å²) in [7, 11) is 0. The minimum absolute atomic E-state index is 0.170. The maximum atomic E-state index is 11.3. The van der Waals surface area contributed by atoms with Crippen molar-refractivity contribution in [1.29, 1.82) is 0 Å². The van der Waals surface area contributed by atoms with Crippen LogP contribution in [-0.4, -0.2) is 16.5 Å². The summed E-state index contributed by atoms with van der Waals surface area (Å²) in [6, 6.07) is 3.91. The maximum Gasteiger partial charge on any atom is 0.323 e. The van der Waals surface area contributed by atoms with Gasteiger partial charge in [-0.1, -0.05) is 18.6 Å². The van der Waals surface area contributed by atoms with Crippen LogP contribution in [0.2, 0.25) is 0 Å². The number of aromatic nitrogens is 2. The van der Waals surface area contributed by atoms with Crippen molar-refractivity contribution in [3.05, 3.63) is 38.7 Å². The summed E-state index contributed by atoms with van der Waals surface area (Å²) in [5.41, 5.74) is 4.00. The number of hydrogen-bond acceptors (Lipinski definition) is 2. The van der Waals surface area contributed by atoms with Crippen LogP contribution in [0, 0.1) is 11.8 Å². The number of benzene rings is 1. The number of fused-ring (bicyclic) bond motifs is 1. The van der Waals surface area contributed by atoms with Crippen molar-refractivity contribution in [2.75, 3.05) is 11.9 Å². The molecular weight excluding hydrogens is 330 g/mol. The van der Waals surface area contributed by atoms with E-state index in [0.29, 0.717) is 11.8 Å². The molecule has 1 heterocycles. The summed E-state index contributed by atoms with van der Waals surface area (Å²) in [6.45, 7) is 5.45. The number of halogens is 1. The van der Waals surface area contributed by atoms with Gasteiger partial charge in [0, 0.05) is 11.0 Å². The largest absolute Gasteiger partial charge is 0.384 e. The van der Waals surface area contributed by atoms with Gasteiger partial charge < -0.3 is 15.3 Å². The van der Waals surface area contributed by atoms with Crippen molar-refractivity contribution >= 4 is 32.7 Å². The first-order valence-corrected chi connectivity index (χ1v) is 8.13. The number of H-pyrrole nitrogens is 2. The van der Waals surface area contributed by atoms with Gasteiger partial charge in [0.2, 0.25) is 0 Å². The Balaban J connectivity index is 1.74. The lowest BCUT2D eigenvalue weighted by Gasteiger charge is -2.26. The smallest absolute Gasteiger partial charge is 0.323 e. The molecule has 0 spiro atoms. The minimum atomic E-state index is -0.170. The molecule has 0 fully saturated rings. The fourth-order valence-corrected chi connectivity index (χ4v) is 3.77. The van der Waals surface area contributed by atoms with E-state index in [-0.39, 0.29) is 5.69 Å². The molecule has 5 heteroatoms. The molecule has 21 heavy (non-hydrogen) atoms. The lowest BCUT2D eigenvalue weighted by atomic mass is 9.84. The van der Waals surface area contributed by atoms with Gasteiger partial charge in [0.15, 0.2) is 0 Å². The highest BCUT2D eigenvalue weighted by Crippen LogP contribution is 2.30. The second-order valence-corrected chi connectivity index (χ2v) is 6.99. The molecule has 1 aliphatic rings. The second-order valence-electron chi connectivity index (χ2n) is 6.13. The zero-order chi connectivity index (χ0) is 15.0. The van der Waals surface area contributed by atoms with Gasteiger partial charge in [0.1, 0.15) is 0 Å². The average Bonchev–Trinajstić information content (AvgIpc) is 2.74. The van der Waals surface area contributed by atoms with Crippen LogP contribution >= 0.6 is 15.9 Å². The molecule has 2 atom stereocenters. The molecule has 0 saturated heterocycles. The minimum Gasteiger partial charge on any atom is -0.384 e. The van der Waals surface area contributed by atoms with Gasteiger partial charge in [-0.05, 0) is 59.7 Å². The Morgan fingerprint density at radius 3 is 2.76 bits per heavy atom. The van der Waals surface area contributed by atoms with Gasteiger partial charge in [-0.2, -0.15) is 0 Å². The summed E-state index contributed by atoms with van der Waals surface area (Å²) in [5.74, 6) is 1.33. The van der Waals surface area contributed by atoms with Gasteiger partial charge in [-0.3, -0.25) is 0 Å². The molecule has 0 amide bonds. The molecular formula is C16H20BrN3O. The van der Waals surface area contributed by atoms with Crippen molar-refractivity contribution in [1.82, 2.24) is 9.97 Å². The first kappa shape index (κ1) is 14.4. The third kappa shape index (κ3) is 3.23. The Kier molecular flexibility index (Phi) is 3.93. The summed E-state index contributed by atoms with van der Waals surface area (Å²) in [6.07, 6.45) is 4.77. The van der Waals surface area contributed by atoms with Crippen molar-refractivity contribution in [3.8, 4) is 0 Å². The van der Waals surface area contributed by atoms with E-state index in [0.717, 1.165) is 34.2 Å². The van der Waals surface area contributed by atoms with Gasteiger partial charge in [-0.25, -0.2) is 4.79 Å². The van der Waals surface area contributed by atoms with E-state index in [1.807, 2.05) is 12.1 Å². The van der Waals surface area contributed by atoms with E-state index < -0.39 is 0 Å². The van der Waals surface area contributed by atoms with Gasteiger partial charge >= 0.3 is 5.69 Å². The molecule has 0 saturated carbocycles. The highest BCUT2D eigenvalue weighted by Gasteiger charge is 2.18. The zero-order valence-electron chi connectivity index (χ0n) is 12.3. The van der Waals surface area contributed by atoms with Crippen LogP contribution < -0.4 is 11.0 Å². The lowest BCUT2D eigenvalue weighted by Crippen LogP contribution is -2.20. The molecule has 2 unspecified atom stereocenters. The van der Waals surface area contributed by atoms with Crippen LogP contribution in [-0.2, 0) is 0 Å². The van der Waals surface area contributed by atoms with Gasteiger partial charge in [-0.15, -0.1) is 0 Å². The molecule has 0 radical (unpaired) electrons. The molecule has 0 bridgehead atoms. The normalized spacial score (nSPS) is 22.3. The van der Waals surface area contributed by atoms with Crippen LogP contribution in [0.25, 0.3) is 11.0 Å². The van der Waals surface area contributed by atoms with E-state index >= 15 is 0 Å². The number of hydrogen-bond donors (Lipinski definition) is 3. The van der Waals surface area contributed by atoms with E-state index in [4.69, 9.17) is 0 Å². The van der Waals surface area contributed by atoms with E-state index in [1.165, 1.54) is 12.0 Å². The Morgan fingerprint density at radius 2 is 2.05 bits per heavy atom. The third-order valence-corrected chi connectivity index (χ3v) is 4.73. The van der Waals surface area contributed by atoms with Crippen LogP contribution in [0.5, 0.6) is 0 Å². The van der Waals surface area contributed by atoms with Crippen molar-refractivity contribution in [2.45, 2.75) is 26.7 Å². The van der Waals surface area contributed by atoms with Crippen LogP contribution in [0.15, 0.2) is 33.0 Å². The van der Waals surface area contributed by atoms with E-state index in [1.54, 1.807) is 0 Å². The quantitative estimate of drug-likeness (QED) is 0.732. The number of aromatic amines is 2. The van der Waals surface area contributed by atoms with Crippen LogP contribution in [0.3, 0.4) is 0 Å². The van der Waals surface area contributed by atoms with Crippen molar-refractivity contribution in [2.24, 2.45) is 11.8 Å². The number of anilines is 1. The number of rotatable bonds is 3. The van der Waals surface area contributed by atoms with E-state index in [2.05, 4.69) is 51.1 Å². The fraction of sp³-hybridized carbons (Fsp3) is 0.438. The summed E-state index contributed by atoms with van der Waals surface area (Å²) in [5, 5.41) is 3.52. The lowest BCUT2D eigenvalue weighted by molar-refractivity contribution is 0.421. The fourth-order valence-electron chi connectivity index (χ4n) is 3.29. The highest BCUT2D eigenvalue weighted by atomic mass is 79.9. The predicted molar refractivity (Wildman–Crippen MR) is 90.8 cm³/mol. The standard InChI is InChI=1S/C16H20BrN3O/c1-9-3-10(2)5-11(4-9)8-18-13-7-15-14(6-12(13)17)19-16(21)20-15/h3,6-7,9,11,18H,4-5,8H2,1-2H3,(H2,19,20,21). The summed E-state index contributed by atoms with van der Waals surface area (Å²) < 4.78 is 0.973. The maximum absolute atomic E-state index is 11.3. The predicted octanol–water partition coefficient (Wildman–Crippen LogP) is 4.02. The SMILES string of the molecule is CC1=CC(C)CC(CNc2cc3[nH]c(=O)[nH]c3cc2Br)C1. The molecule has 112 valence electrons. The number of imidazole rings is 1. The first-order valence-electron chi connectivity index (χ1n) is 7.34. The third-order valence-electron chi connectivity index (χ3n) is 4.07. The van der Waals surface area contributed by atoms with Crippen molar-refractivity contribution in [3.63, 3.8) is 0 Å². The Labute approximate surface area is 132 Å². The Bertz CT molecular complexity index is 744. The molecule has 3 rings (SSSR count). The molecule has 2 aromatic rings. The number of allylic oxidation sites excluding steroid dienone is 2. The molecule has 4 nitrogen and oxygen atoms in total. The Morgan fingerprint density at radius 1 is 1.33 bits per heavy atom. The monoisotopic (exact) mass is 349 g/mol. The molecule has 3 N–H and O–H groups in total. The molecule has 0 aliphatic heterocycles. The molecule has 1 aromatic heterocycles. The highest BCUT2D eigenvalue weighted by molar-refractivity contribution is 9.10. The Hall–Kier alpha value is -1.49. The summed E-state index contributed by atoms with van der Waals surface area (Å²) in [4.78, 5) is 16.9. The van der Waals surface area contributed by atoms with E-state index in [9.17, 15) is 4.79 Å². The topological polar surface area (TPSA) is 60.7 Å². The van der Waals surface area contributed by atoms with Gasteiger partial charge in [0.25, 0.3) is 0 Å². The van der Waals surface area contributed by atoms with Crippen LogP contribution in [0.1, 0.15) is 26.7 Å². The number of nitrogens with one attached hydrogen (secondary N) is 3. The zero-order valence-corrected chi connectivity index (χ0v) is 13.9. The van der Waals surface area contributed by atoms with Crippen LogP contribution in [0.4, 0.5) is 5.69 Å². The van der Waals surface area contributed by atoms with Crippen molar-refractivity contribution < 1.29 is 0 Å². The second kappa shape index (κ2) is 5.72.